The fourth-order valence-electron chi connectivity index (χ4n) is 9.80. The quantitative estimate of drug-likeness (QED) is 0.0149. The van der Waals surface area contributed by atoms with Crippen LogP contribution in [0.1, 0.15) is 278 Å². The van der Waals surface area contributed by atoms with Gasteiger partial charge in [0.15, 0.2) is 12.4 Å². The molecule has 0 bridgehead atoms. The highest BCUT2D eigenvalue weighted by Crippen LogP contribution is 2.26. The average Bonchev–Trinajstić information content (AvgIpc) is 3.46. The zero-order valence-corrected chi connectivity index (χ0v) is 51.2. The molecule has 1 aliphatic rings. The molecule has 8 atom stereocenters. The summed E-state index contributed by atoms with van der Waals surface area (Å²) < 4.78 is 17.6. The first-order valence-corrected chi connectivity index (χ1v) is 32.9. The number of carbonyl (C=O) groups is 2. The lowest BCUT2D eigenvalue weighted by Gasteiger charge is -2.41. The lowest BCUT2D eigenvalue weighted by molar-refractivity contribution is -0.305. The van der Waals surface area contributed by atoms with E-state index in [1.807, 2.05) is 6.08 Å². The van der Waals surface area contributed by atoms with E-state index in [0.717, 1.165) is 109 Å². The summed E-state index contributed by atoms with van der Waals surface area (Å²) in [6.07, 6.45) is 63.3. The maximum Gasteiger partial charge on any atom is 0.306 e. The second kappa shape index (κ2) is 56.3. The van der Waals surface area contributed by atoms with Crippen molar-refractivity contribution in [2.75, 3.05) is 13.2 Å². The van der Waals surface area contributed by atoms with Crippen LogP contribution in [0.15, 0.2) is 85.1 Å². The topological polar surface area (TPSA) is 175 Å². The fourth-order valence-corrected chi connectivity index (χ4v) is 9.80. The van der Waals surface area contributed by atoms with Crippen LogP contribution in [0, 0.1) is 0 Å². The van der Waals surface area contributed by atoms with Gasteiger partial charge < -0.3 is 45.1 Å². The van der Waals surface area contributed by atoms with Crippen LogP contribution in [0.2, 0.25) is 0 Å². The monoisotopic (exact) mass is 1120 g/mol. The Morgan fingerprint density at radius 2 is 0.900 bits per heavy atom. The molecule has 0 aromatic heterocycles. The Morgan fingerprint density at radius 3 is 1.39 bits per heavy atom. The van der Waals surface area contributed by atoms with E-state index in [-0.39, 0.29) is 19.4 Å². The van der Waals surface area contributed by atoms with E-state index in [4.69, 9.17) is 14.2 Å². The van der Waals surface area contributed by atoms with Crippen molar-refractivity contribution < 1.29 is 49.3 Å². The van der Waals surface area contributed by atoms with Crippen molar-refractivity contribution in [1.29, 1.82) is 0 Å². The van der Waals surface area contributed by atoms with Crippen LogP contribution in [0.25, 0.3) is 0 Å². The Hall–Kier alpha value is -3.16. The maximum absolute atomic E-state index is 13.5. The van der Waals surface area contributed by atoms with Crippen molar-refractivity contribution in [3.05, 3.63) is 85.1 Å². The molecular weight excluding hydrogens is 1000 g/mol. The van der Waals surface area contributed by atoms with Crippen LogP contribution in [-0.2, 0) is 23.8 Å². The first-order valence-electron chi connectivity index (χ1n) is 32.9. The minimum atomic E-state index is -1.62. The van der Waals surface area contributed by atoms with Gasteiger partial charge in [0, 0.05) is 6.42 Å². The fraction of sp³-hybridized carbons (Fsp3) is 0.768. The summed E-state index contributed by atoms with van der Waals surface area (Å²) in [6, 6.07) is -1.03. The van der Waals surface area contributed by atoms with Crippen LogP contribution in [-0.4, -0.2) is 99.6 Å². The number of ether oxygens (including phenoxy) is 3. The Kier molecular flexibility index (Phi) is 52.7. The lowest BCUT2D eigenvalue weighted by atomic mass is 9.99. The molecule has 1 heterocycles. The van der Waals surface area contributed by atoms with Gasteiger partial charge in [-0.15, -0.1) is 0 Å². The molecular formula is C69H121NO10. The molecule has 0 spiro atoms. The molecule has 0 aliphatic carbocycles. The Bertz CT molecular complexity index is 1620. The number of amides is 1. The van der Waals surface area contributed by atoms with E-state index in [9.17, 15) is 35.1 Å². The molecule has 1 saturated heterocycles. The molecule has 80 heavy (non-hydrogen) atoms. The highest BCUT2D eigenvalue weighted by atomic mass is 16.7. The number of hydrogen-bond donors (Lipinski definition) is 6. The van der Waals surface area contributed by atoms with Crippen LogP contribution in [0.4, 0.5) is 0 Å². The minimum absolute atomic E-state index is 0.107. The Labute approximate surface area is 489 Å². The molecule has 1 amide bonds. The second-order valence-electron chi connectivity index (χ2n) is 22.5. The third-order valence-electron chi connectivity index (χ3n) is 15.0. The molecule has 462 valence electrons. The number of aliphatic hydroxyl groups excluding tert-OH is 5. The van der Waals surface area contributed by atoms with Gasteiger partial charge >= 0.3 is 5.97 Å². The smallest absolute Gasteiger partial charge is 0.306 e. The van der Waals surface area contributed by atoms with Crippen LogP contribution < -0.4 is 5.32 Å². The molecule has 0 aromatic rings. The predicted octanol–water partition coefficient (Wildman–Crippen LogP) is 16.1. The average molecular weight is 1120 g/mol. The first-order chi connectivity index (χ1) is 39.2. The van der Waals surface area contributed by atoms with E-state index in [2.05, 4.69) is 99.0 Å². The Balaban J connectivity index is 2.64. The molecule has 1 fully saturated rings. The highest BCUT2D eigenvalue weighted by molar-refractivity contribution is 5.80. The number of nitrogens with one attached hydrogen (secondary N) is 1. The normalized spacial score (nSPS) is 19.3. The van der Waals surface area contributed by atoms with Crippen molar-refractivity contribution in [2.24, 2.45) is 0 Å². The molecule has 0 aromatic carbocycles. The molecule has 6 N–H and O–H groups in total. The summed E-state index contributed by atoms with van der Waals surface area (Å²) in [5, 5.41) is 57.1. The molecule has 1 aliphatic heterocycles. The van der Waals surface area contributed by atoms with Gasteiger partial charge in [0.1, 0.15) is 24.4 Å². The van der Waals surface area contributed by atoms with Gasteiger partial charge in [-0.1, -0.05) is 260 Å². The number of carbonyl (C=O) groups excluding carboxylic acids is 2. The SMILES string of the molecule is CCCCC/C=C\C/C=C\C/C=C\C/C=C\CCCCCCCCCCC(O)C(=O)NC(COC1OC(CO)C(O)C(O)C1OC(=O)CCCCCCCC/C=C/C=C/CCCCC)C(O)/C=C/CCCCCCCCCCCC. The summed E-state index contributed by atoms with van der Waals surface area (Å²) in [5.74, 6) is -1.21. The van der Waals surface area contributed by atoms with Crippen molar-refractivity contribution in [3.8, 4) is 0 Å². The third kappa shape index (κ3) is 43.5. The number of allylic oxidation sites excluding steroid dienone is 13. The molecule has 0 saturated carbocycles. The van der Waals surface area contributed by atoms with Gasteiger partial charge in [0.05, 0.1) is 25.4 Å². The number of hydrogen-bond acceptors (Lipinski definition) is 10. The van der Waals surface area contributed by atoms with Crippen molar-refractivity contribution in [3.63, 3.8) is 0 Å². The second-order valence-corrected chi connectivity index (χ2v) is 22.5. The molecule has 11 nitrogen and oxygen atoms in total. The first kappa shape index (κ1) is 74.9. The van der Waals surface area contributed by atoms with Gasteiger partial charge in [0.25, 0.3) is 0 Å². The lowest BCUT2D eigenvalue weighted by Crippen LogP contribution is -2.61. The maximum atomic E-state index is 13.5. The number of unbranched alkanes of at least 4 members (excludes halogenated alkanes) is 30. The standard InChI is InChI=1S/C69H121NO10/c1-4-7-10-13-16-19-22-25-27-28-29-30-31-32-33-34-35-37-38-41-44-47-50-53-56-62(73)68(77)70-60(61(72)55-52-49-46-43-40-24-21-18-15-12-9-6-3)59-78-69-67(66(76)65(75)63(58-71)79-69)80-64(74)57-54-51-48-45-42-39-36-26-23-20-17-14-11-8-5-2/h16-17,19-20,23,25-27,29-30,32-33,52,55,60-63,65-67,69,71-73,75-76H,4-15,18,21-22,24,28,31,34-51,53-54,56-59H2,1-3H3,(H,70,77)/b19-16-,20-17+,26-23+,27-25-,30-29-,33-32-,55-52+. The van der Waals surface area contributed by atoms with E-state index in [1.165, 1.54) is 122 Å². The van der Waals surface area contributed by atoms with Gasteiger partial charge in [-0.3, -0.25) is 9.59 Å². The van der Waals surface area contributed by atoms with Gasteiger partial charge in [-0.05, 0) is 96.3 Å². The van der Waals surface area contributed by atoms with Crippen LogP contribution in [0.3, 0.4) is 0 Å². The van der Waals surface area contributed by atoms with E-state index in [1.54, 1.807) is 6.08 Å². The van der Waals surface area contributed by atoms with Gasteiger partial charge in [0.2, 0.25) is 5.91 Å². The van der Waals surface area contributed by atoms with E-state index < -0.39 is 67.4 Å². The summed E-state index contributed by atoms with van der Waals surface area (Å²) in [6.45, 7) is 5.72. The molecule has 0 radical (unpaired) electrons. The molecule has 8 unspecified atom stereocenters. The van der Waals surface area contributed by atoms with Crippen molar-refractivity contribution in [1.82, 2.24) is 5.32 Å². The predicted molar refractivity (Wildman–Crippen MR) is 333 cm³/mol. The number of rotatable bonds is 55. The summed E-state index contributed by atoms with van der Waals surface area (Å²) in [7, 11) is 0. The molecule has 1 rings (SSSR count). The zero-order valence-electron chi connectivity index (χ0n) is 51.2. The highest BCUT2D eigenvalue weighted by Gasteiger charge is 2.47. The zero-order chi connectivity index (χ0) is 58.2. The summed E-state index contributed by atoms with van der Waals surface area (Å²) >= 11 is 0. The van der Waals surface area contributed by atoms with Crippen LogP contribution >= 0.6 is 0 Å². The molecule has 11 heteroatoms. The van der Waals surface area contributed by atoms with Gasteiger partial charge in [-0.2, -0.15) is 0 Å². The van der Waals surface area contributed by atoms with Crippen molar-refractivity contribution in [2.45, 2.75) is 327 Å². The summed E-state index contributed by atoms with van der Waals surface area (Å²) in [5.41, 5.74) is 0. The van der Waals surface area contributed by atoms with Crippen molar-refractivity contribution >= 4 is 11.9 Å². The minimum Gasteiger partial charge on any atom is -0.454 e. The number of esters is 1. The Morgan fingerprint density at radius 1 is 0.500 bits per heavy atom. The largest absolute Gasteiger partial charge is 0.454 e. The van der Waals surface area contributed by atoms with Crippen LogP contribution in [0.5, 0.6) is 0 Å². The summed E-state index contributed by atoms with van der Waals surface area (Å²) in [4.78, 5) is 26.6. The van der Waals surface area contributed by atoms with E-state index in [0.29, 0.717) is 12.8 Å². The van der Waals surface area contributed by atoms with E-state index >= 15 is 0 Å². The number of aliphatic hydroxyl groups is 5. The third-order valence-corrected chi connectivity index (χ3v) is 15.0. The van der Waals surface area contributed by atoms with Gasteiger partial charge in [-0.25, -0.2) is 0 Å².